The monoisotopic (exact) mass is 426 g/mol. The lowest BCUT2D eigenvalue weighted by atomic mass is 9.74. The number of carbonyl (C=O) groups excluding carboxylic acids is 4. The van der Waals surface area contributed by atoms with Crippen LogP contribution in [0.15, 0.2) is 18.2 Å². The van der Waals surface area contributed by atoms with E-state index in [1.807, 2.05) is 6.07 Å². The van der Waals surface area contributed by atoms with Gasteiger partial charge in [-0.1, -0.05) is 12.1 Å². The van der Waals surface area contributed by atoms with Crippen LogP contribution in [0.25, 0.3) is 0 Å². The highest BCUT2D eigenvalue weighted by Crippen LogP contribution is 2.42. The van der Waals surface area contributed by atoms with Gasteiger partial charge in [-0.2, -0.15) is 0 Å². The number of piperidine rings is 1. The normalized spacial score (nSPS) is 31.1. The molecule has 3 atom stereocenters. The summed E-state index contributed by atoms with van der Waals surface area (Å²) in [6.45, 7) is 4.21. The topological polar surface area (TPSA) is 122 Å². The zero-order chi connectivity index (χ0) is 21.8. The molecule has 31 heavy (non-hydrogen) atoms. The Balaban J connectivity index is 1.40. The van der Waals surface area contributed by atoms with Gasteiger partial charge in [-0.05, 0) is 31.0 Å². The molecular weight excluding hydrogens is 400 g/mol. The molecule has 3 N–H and O–H groups in total. The van der Waals surface area contributed by atoms with Crippen LogP contribution in [0.5, 0.6) is 0 Å². The van der Waals surface area contributed by atoms with Crippen molar-refractivity contribution in [2.24, 2.45) is 17.1 Å². The largest absolute Gasteiger partial charge is 0.381 e. The van der Waals surface area contributed by atoms with Crippen LogP contribution in [0.4, 0.5) is 0 Å². The van der Waals surface area contributed by atoms with Gasteiger partial charge in [0, 0.05) is 44.0 Å². The highest BCUT2D eigenvalue weighted by atomic mass is 16.5. The number of nitrogens with one attached hydrogen (secondary N) is 1. The van der Waals surface area contributed by atoms with Crippen LogP contribution in [0.2, 0.25) is 0 Å². The van der Waals surface area contributed by atoms with E-state index in [2.05, 4.69) is 10.2 Å². The number of imide groups is 2. The Hall–Kier alpha value is -2.62. The number of rotatable bonds is 4. The van der Waals surface area contributed by atoms with E-state index in [4.69, 9.17) is 10.5 Å². The maximum atomic E-state index is 13.3. The molecule has 4 heterocycles. The number of hydrogen-bond acceptors (Lipinski definition) is 7. The molecule has 164 valence electrons. The van der Waals surface area contributed by atoms with Gasteiger partial charge in [-0.15, -0.1) is 0 Å². The molecular formula is C22H26N4O5. The third kappa shape index (κ3) is 3.19. The average Bonchev–Trinajstić information content (AvgIpc) is 3.24. The number of nitrogens with two attached hydrogens (primary N) is 1. The molecule has 0 saturated carbocycles. The quantitative estimate of drug-likeness (QED) is 0.644. The van der Waals surface area contributed by atoms with Crippen LogP contribution in [-0.4, -0.2) is 72.3 Å². The summed E-state index contributed by atoms with van der Waals surface area (Å²) in [7, 11) is 0. The molecule has 0 radical (unpaired) electrons. The second-order valence-electron chi connectivity index (χ2n) is 9.04. The summed E-state index contributed by atoms with van der Waals surface area (Å²) in [6, 6.07) is 4.32. The SMILES string of the molecule is NCC12CCOCC1CN(Cc1cccc3c1C(=O)N(C1CCC(=O)NC1=O)C3=O)C2. The molecule has 0 aliphatic carbocycles. The van der Waals surface area contributed by atoms with E-state index in [1.165, 1.54) is 0 Å². The smallest absolute Gasteiger partial charge is 0.262 e. The number of hydrogen-bond donors (Lipinski definition) is 2. The first-order valence-electron chi connectivity index (χ1n) is 10.8. The molecule has 1 aromatic rings. The third-order valence-electron chi connectivity index (χ3n) is 7.30. The fraction of sp³-hybridized carbons (Fsp3) is 0.545. The summed E-state index contributed by atoms with van der Waals surface area (Å²) in [5.74, 6) is -1.55. The van der Waals surface area contributed by atoms with E-state index >= 15 is 0 Å². The predicted molar refractivity (Wildman–Crippen MR) is 109 cm³/mol. The summed E-state index contributed by atoms with van der Waals surface area (Å²) in [6.07, 6.45) is 1.19. The van der Waals surface area contributed by atoms with E-state index in [0.717, 1.165) is 36.6 Å². The molecule has 0 bridgehead atoms. The van der Waals surface area contributed by atoms with Gasteiger partial charge in [0.1, 0.15) is 6.04 Å². The average molecular weight is 426 g/mol. The Morgan fingerprint density at radius 2 is 2.03 bits per heavy atom. The maximum Gasteiger partial charge on any atom is 0.262 e. The predicted octanol–water partition coefficient (Wildman–Crippen LogP) is -0.115. The third-order valence-corrected chi connectivity index (χ3v) is 7.30. The van der Waals surface area contributed by atoms with E-state index in [0.29, 0.717) is 36.7 Å². The molecule has 4 amide bonds. The van der Waals surface area contributed by atoms with Crippen molar-refractivity contribution in [3.63, 3.8) is 0 Å². The molecule has 9 heteroatoms. The second kappa shape index (κ2) is 7.51. The molecule has 1 aromatic carbocycles. The number of fused-ring (bicyclic) bond motifs is 2. The molecule has 4 aliphatic rings. The Morgan fingerprint density at radius 1 is 1.19 bits per heavy atom. The van der Waals surface area contributed by atoms with E-state index in [1.54, 1.807) is 12.1 Å². The fourth-order valence-corrected chi connectivity index (χ4v) is 5.57. The van der Waals surface area contributed by atoms with Crippen LogP contribution >= 0.6 is 0 Å². The van der Waals surface area contributed by atoms with Gasteiger partial charge in [-0.25, -0.2) is 0 Å². The molecule has 3 unspecified atom stereocenters. The Kier molecular flexibility index (Phi) is 4.91. The van der Waals surface area contributed by atoms with Gasteiger partial charge < -0.3 is 10.5 Å². The van der Waals surface area contributed by atoms with Crippen molar-refractivity contribution in [2.45, 2.75) is 31.8 Å². The second-order valence-corrected chi connectivity index (χ2v) is 9.04. The first-order chi connectivity index (χ1) is 14.9. The van der Waals surface area contributed by atoms with Crippen molar-refractivity contribution in [2.75, 3.05) is 32.8 Å². The highest BCUT2D eigenvalue weighted by molar-refractivity contribution is 6.24. The Bertz CT molecular complexity index is 979. The van der Waals surface area contributed by atoms with E-state index < -0.39 is 23.8 Å². The van der Waals surface area contributed by atoms with Crippen molar-refractivity contribution in [1.82, 2.24) is 15.1 Å². The lowest BCUT2D eigenvalue weighted by Crippen LogP contribution is -2.54. The molecule has 5 rings (SSSR count). The summed E-state index contributed by atoms with van der Waals surface area (Å²) in [4.78, 5) is 53.4. The van der Waals surface area contributed by atoms with Crippen LogP contribution in [0.3, 0.4) is 0 Å². The minimum absolute atomic E-state index is 0.0365. The molecule has 0 spiro atoms. The number of likely N-dealkylation sites (tertiary alicyclic amines) is 1. The number of nitrogens with zero attached hydrogens (tertiary/aromatic N) is 2. The van der Waals surface area contributed by atoms with Crippen molar-refractivity contribution in [1.29, 1.82) is 0 Å². The van der Waals surface area contributed by atoms with Crippen LogP contribution in [0.1, 0.15) is 45.5 Å². The summed E-state index contributed by atoms with van der Waals surface area (Å²) < 4.78 is 5.66. The molecule has 3 saturated heterocycles. The van der Waals surface area contributed by atoms with Crippen molar-refractivity contribution in [3.05, 3.63) is 34.9 Å². The van der Waals surface area contributed by atoms with Gasteiger partial charge >= 0.3 is 0 Å². The Labute approximate surface area is 179 Å². The Morgan fingerprint density at radius 3 is 2.77 bits per heavy atom. The zero-order valence-electron chi connectivity index (χ0n) is 17.3. The number of carbonyl (C=O) groups is 4. The molecule has 9 nitrogen and oxygen atoms in total. The van der Waals surface area contributed by atoms with E-state index in [9.17, 15) is 19.2 Å². The molecule has 4 aliphatic heterocycles. The number of ether oxygens (including phenoxy) is 1. The van der Waals surface area contributed by atoms with Gasteiger partial charge in [-0.3, -0.25) is 34.3 Å². The van der Waals surface area contributed by atoms with Gasteiger partial charge in [0.05, 0.1) is 17.7 Å². The summed E-state index contributed by atoms with van der Waals surface area (Å²) in [5.41, 5.74) is 7.64. The minimum Gasteiger partial charge on any atom is -0.381 e. The minimum atomic E-state index is -0.953. The highest BCUT2D eigenvalue weighted by Gasteiger charge is 2.49. The van der Waals surface area contributed by atoms with Crippen molar-refractivity contribution < 1.29 is 23.9 Å². The van der Waals surface area contributed by atoms with Crippen LogP contribution in [-0.2, 0) is 20.9 Å². The van der Waals surface area contributed by atoms with Gasteiger partial charge in [0.15, 0.2) is 0 Å². The molecule has 3 fully saturated rings. The maximum absolute atomic E-state index is 13.3. The number of benzene rings is 1. The summed E-state index contributed by atoms with van der Waals surface area (Å²) >= 11 is 0. The lowest BCUT2D eigenvalue weighted by Gasteiger charge is -2.37. The summed E-state index contributed by atoms with van der Waals surface area (Å²) in [5, 5.41) is 2.23. The first kappa shape index (κ1) is 20.3. The van der Waals surface area contributed by atoms with Crippen LogP contribution < -0.4 is 11.1 Å². The van der Waals surface area contributed by atoms with Crippen molar-refractivity contribution >= 4 is 23.6 Å². The molecule has 0 aromatic heterocycles. The standard InChI is InChI=1S/C22H26N4O5/c23-11-22-6-7-31-10-14(22)9-25(12-22)8-13-2-1-3-15-18(13)21(30)26(20(15)29)16-4-5-17(27)24-19(16)28/h1-3,14,16H,4-12,23H2,(H,24,27,28). The zero-order valence-corrected chi connectivity index (χ0v) is 17.3. The van der Waals surface area contributed by atoms with Crippen LogP contribution in [0, 0.1) is 11.3 Å². The van der Waals surface area contributed by atoms with Crippen molar-refractivity contribution in [3.8, 4) is 0 Å². The van der Waals surface area contributed by atoms with Gasteiger partial charge in [0.2, 0.25) is 11.8 Å². The van der Waals surface area contributed by atoms with E-state index in [-0.39, 0.29) is 24.2 Å². The first-order valence-corrected chi connectivity index (χ1v) is 10.8. The fourth-order valence-electron chi connectivity index (χ4n) is 5.57. The van der Waals surface area contributed by atoms with Gasteiger partial charge in [0.25, 0.3) is 11.8 Å². The lowest BCUT2D eigenvalue weighted by molar-refractivity contribution is -0.136. The number of amides is 4.